The molecule has 19 heavy (non-hydrogen) atoms. The minimum Gasteiger partial charge on any atom is -0.478 e. The van der Waals surface area contributed by atoms with E-state index in [-0.39, 0.29) is 11.1 Å². The maximum atomic E-state index is 11.4. The van der Waals surface area contributed by atoms with Gasteiger partial charge in [-0.2, -0.15) is 5.10 Å². The summed E-state index contributed by atoms with van der Waals surface area (Å²) >= 11 is 0. The molecule has 1 aromatic carbocycles. The molecule has 1 aromatic heterocycles. The first kappa shape index (κ1) is 13.0. The van der Waals surface area contributed by atoms with E-state index >= 15 is 0 Å². The van der Waals surface area contributed by atoms with E-state index in [4.69, 9.17) is 5.11 Å². The second-order valence-electron chi connectivity index (χ2n) is 4.43. The zero-order chi connectivity index (χ0) is 14.0. The van der Waals surface area contributed by atoms with E-state index in [1.54, 1.807) is 25.1 Å². The summed E-state index contributed by atoms with van der Waals surface area (Å²) in [6, 6.07) is 6.70. The molecule has 0 saturated carbocycles. The molecular weight excluding hydrogens is 244 g/mol. The fourth-order valence-electron chi connectivity index (χ4n) is 1.85. The lowest BCUT2D eigenvalue weighted by molar-refractivity contribution is 0.0697. The Labute approximate surface area is 109 Å². The van der Waals surface area contributed by atoms with Gasteiger partial charge in [0.25, 0.3) is 5.56 Å². The molecule has 5 nitrogen and oxygen atoms in total. The van der Waals surface area contributed by atoms with Crippen molar-refractivity contribution in [3.63, 3.8) is 0 Å². The molecule has 0 aliphatic rings. The molecule has 0 amide bonds. The van der Waals surface area contributed by atoms with Gasteiger partial charge >= 0.3 is 5.97 Å². The highest BCUT2D eigenvalue weighted by Crippen LogP contribution is 2.13. The van der Waals surface area contributed by atoms with Crippen LogP contribution in [-0.2, 0) is 6.42 Å². The minimum absolute atomic E-state index is 0.194. The summed E-state index contributed by atoms with van der Waals surface area (Å²) < 4.78 is 0. The van der Waals surface area contributed by atoms with E-state index in [9.17, 15) is 9.59 Å². The number of rotatable bonds is 3. The Kier molecular flexibility index (Phi) is 3.46. The second-order valence-corrected chi connectivity index (χ2v) is 4.43. The van der Waals surface area contributed by atoms with Crippen molar-refractivity contribution in [1.29, 1.82) is 0 Å². The number of hydrogen-bond acceptors (Lipinski definition) is 3. The smallest absolute Gasteiger partial charge is 0.335 e. The van der Waals surface area contributed by atoms with Crippen LogP contribution >= 0.6 is 0 Å². The summed E-state index contributed by atoms with van der Waals surface area (Å²) in [6.07, 6.45) is 0.491. The molecule has 0 radical (unpaired) electrons. The summed E-state index contributed by atoms with van der Waals surface area (Å²) in [4.78, 5) is 22.3. The van der Waals surface area contributed by atoms with Gasteiger partial charge in [-0.05, 0) is 37.1 Å². The number of benzene rings is 1. The molecule has 0 bridgehead atoms. The molecule has 0 unspecified atom stereocenters. The Morgan fingerprint density at radius 2 is 2.05 bits per heavy atom. The average Bonchev–Trinajstić information content (AvgIpc) is 2.40. The van der Waals surface area contributed by atoms with Gasteiger partial charge in [0.15, 0.2) is 0 Å². The monoisotopic (exact) mass is 258 g/mol. The van der Waals surface area contributed by atoms with Crippen LogP contribution in [0.4, 0.5) is 0 Å². The van der Waals surface area contributed by atoms with Crippen LogP contribution in [0.15, 0.2) is 29.1 Å². The number of nitrogens with zero attached hydrogens (tertiary/aromatic N) is 1. The van der Waals surface area contributed by atoms with E-state index < -0.39 is 5.97 Å². The normalized spacial score (nSPS) is 10.4. The first-order chi connectivity index (χ1) is 8.99. The number of nitrogens with one attached hydrogen (secondary N) is 1. The summed E-state index contributed by atoms with van der Waals surface area (Å²) in [5.74, 6) is -0.954. The van der Waals surface area contributed by atoms with Crippen LogP contribution in [-0.4, -0.2) is 21.3 Å². The molecular formula is C14H14N2O3. The predicted molar refractivity (Wildman–Crippen MR) is 70.5 cm³/mol. The van der Waals surface area contributed by atoms with Crippen molar-refractivity contribution >= 4 is 5.97 Å². The molecule has 2 aromatic rings. The molecule has 0 fully saturated rings. The van der Waals surface area contributed by atoms with Crippen LogP contribution in [0.5, 0.6) is 0 Å². The fourth-order valence-corrected chi connectivity index (χ4v) is 1.85. The van der Waals surface area contributed by atoms with Gasteiger partial charge in [0, 0.05) is 12.0 Å². The minimum atomic E-state index is -0.954. The molecule has 0 spiro atoms. The molecule has 2 N–H and O–H groups in total. The van der Waals surface area contributed by atoms with Crippen molar-refractivity contribution in [2.45, 2.75) is 20.3 Å². The highest BCUT2D eigenvalue weighted by molar-refractivity contribution is 5.87. The number of aromatic amines is 1. The molecule has 1 heterocycles. The number of aromatic nitrogens is 2. The van der Waals surface area contributed by atoms with Gasteiger partial charge in [-0.3, -0.25) is 4.79 Å². The average molecular weight is 258 g/mol. The van der Waals surface area contributed by atoms with Crippen molar-refractivity contribution in [3.8, 4) is 0 Å². The van der Waals surface area contributed by atoms with Crippen LogP contribution in [0, 0.1) is 13.8 Å². The lowest BCUT2D eigenvalue weighted by Gasteiger charge is -2.07. The Morgan fingerprint density at radius 1 is 1.32 bits per heavy atom. The maximum absolute atomic E-state index is 11.4. The van der Waals surface area contributed by atoms with E-state index in [0.29, 0.717) is 12.0 Å². The Bertz CT molecular complexity index is 689. The molecule has 0 aliphatic carbocycles. The van der Waals surface area contributed by atoms with Gasteiger partial charge in [0.2, 0.25) is 0 Å². The third-order valence-corrected chi connectivity index (χ3v) is 3.17. The lowest BCUT2D eigenvalue weighted by atomic mass is 10.0. The van der Waals surface area contributed by atoms with Crippen molar-refractivity contribution < 1.29 is 9.90 Å². The first-order valence-corrected chi connectivity index (χ1v) is 5.86. The molecule has 0 atom stereocenters. The van der Waals surface area contributed by atoms with Crippen LogP contribution in [0.2, 0.25) is 0 Å². The zero-order valence-electron chi connectivity index (χ0n) is 10.7. The van der Waals surface area contributed by atoms with Crippen LogP contribution < -0.4 is 5.56 Å². The van der Waals surface area contributed by atoms with Crippen molar-refractivity contribution in [2.75, 3.05) is 0 Å². The molecule has 0 aliphatic heterocycles. The van der Waals surface area contributed by atoms with Gasteiger partial charge < -0.3 is 5.11 Å². The first-order valence-electron chi connectivity index (χ1n) is 5.86. The Balaban J connectivity index is 2.36. The summed E-state index contributed by atoms with van der Waals surface area (Å²) in [5.41, 5.74) is 3.13. The van der Waals surface area contributed by atoms with Crippen LogP contribution in [0.25, 0.3) is 0 Å². The Morgan fingerprint density at radius 3 is 2.74 bits per heavy atom. The summed E-state index contributed by atoms with van der Waals surface area (Å²) in [5, 5.41) is 15.4. The summed E-state index contributed by atoms with van der Waals surface area (Å²) in [6.45, 7) is 3.58. The third-order valence-electron chi connectivity index (χ3n) is 3.17. The topological polar surface area (TPSA) is 83.0 Å². The quantitative estimate of drug-likeness (QED) is 0.877. The number of hydrogen-bond donors (Lipinski definition) is 2. The van der Waals surface area contributed by atoms with Gasteiger partial charge in [-0.15, -0.1) is 0 Å². The number of H-pyrrole nitrogens is 1. The van der Waals surface area contributed by atoms with Gasteiger partial charge in [0.05, 0.1) is 11.3 Å². The second kappa shape index (κ2) is 5.06. The fraction of sp³-hybridized carbons (Fsp3) is 0.214. The van der Waals surface area contributed by atoms with E-state index in [1.165, 1.54) is 0 Å². The standard InChI is InChI=1S/C14H14N2O3/c1-8-9(2)13(17)16-15-12(8)7-10-4-3-5-11(6-10)14(18)19/h3-6H,7H2,1-2H3,(H,16,17)(H,18,19). The third kappa shape index (κ3) is 2.70. The van der Waals surface area contributed by atoms with E-state index in [1.807, 2.05) is 13.0 Å². The number of carboxylic acid groups (broad SMARTS) is 1. The number of aromatic carboxylic acids is 1. The van der Waals surface area contributed by atoms with Crippen molar-refractivity contribution in [2.24, 2.45) is 0 Å². The highest BCUT2D eigenvalue weighted by Gasteiger charge is 2.09. The van der Waals surface area contributed by atoms with E-state index in [0.717, 1.165) is 16.8 Å². The maximum Gasteiger partial charge on any atom is 0.335 e. The molecule has 98 valence electrons. The van der Waals surface area contributed by atoms with Gasteiger partial charge in [0.1, 0.15) is 0 Å². The van der Waals surface area contributed by atoms with Crippen molar-refractivity contribution in [1.82, 2.24) is 10.2 Å². The number of carbonyl (C=O) groups is 1. The molecule has 2 rings (SSSR count). The van der Waals surface area contributed by atoms with Gasteiger partial charge in [-0.1, -0.05) is 12.1 Å². The lowest BCUT2D eigenvalue weighted by Crippen LogP contribution is -2.16. The predicted octanol–water partition coefficient (Wildman–Crippen LogP) is 1.68. The highest BCUT2D eigenvalue weighted by atomic mass is 16.4. The van der Waals surface area contributed by atoms with Crippen LogP contribution in [0.3, 0.4) is 0 Å². The van der Waals surface area contributed by atoms with Crippen LogP contribution in [0.1, 0.15) is 32.7 Å². The SMILES string of the molecule is Cc1c(Cc2cccc(C(=O)O)c2)n[nH]c(=O)c1C. The molecule has 5 heteroatoms. The van der Waals surface area contributed by atoms with Gasteiger partial charge in [-0.25, -0.2) is 9.89 Å². The largest absolute Gasteiger partial charge is 0.478 e. The number of carboxylic acids is 1. The van der Waals surface area contributed by atoms with Crippen molar-refractivity contribution in [3.05, 3.63) is 62.6 Å². The zero-order valence-corrected chi connectivity index (χ0v) is 10.7. The Hall–Kier alpha value is -2.43. The van der Waals surface area contributed by atoms with E-state index in [2.05, 4.69) is 10.2 Å². The summed E-state index contributed by atoms with van der Waals surface area (Å²) in [7, 11) is 0. The molecule has 0 saturated heterocycles.